The van der Waals surface area contributed by atoms with Crippen LogP contribution in [0.4, 0.5) is 0 Å². The molecule has 0 bridgehead atoms. The second-order valence-electron chi connectivity index (χ2n) is 2.49. The van der Waals surface area contributed by atoms with Crippen molar-refractivity contribution in [3.05, 3.63) is 18.0 Å². The molecule has 12 heavy (non-hydrogen) atoms. The monoisotopic (exact) mass is 170 g/mol. The number of carboxylic acid groups (broad SMARTS) is 1. The Morgan fingerprint density at radius 3 is 2.92 bits per heavy atom. The minimum atomic E-state index is -1.02. The smallest absolute Gasteiger partial charge is 0.306 e. The van der Waals surface area contributed by atoms with Gasteiger partial charge in [0, 0.05) is 13.2 Å². The van der Waals surface area contributed by atoms with Crippen LogP contribution in [0.3, 0.4) is 0 Å². The van der Waals surface area contributed by atoms with Crippen LogP contribution in [-0.2, 0) is 11.8 Å². The van der Waals surface area contributed by atoms with Gasteiger partial charge in [0.05, 0.1) is 12.1 Å². The van der Waals surface area contributed by atoms with Crippen LogP contribution in [-0.4, -0.2) is 26.0 Å². The maximum absolute atomic E-state index is 10.2. The summed E-state index contributed by atoms with van der Waals surface area (Å²) in [6.45, 7) is 0. The number of carbonyl (C=O) groups is 1. The summed E-state index contributed by atoms with van der Waals surface area (Å²) in [4.78, 5) is 10.2. The highest BCUT2D eigenvalue weighted by atomic mass is 16.4. The number of nitrogens with zero attached hydrogens (tertiary/aromatic N) is 2. The highest BCUT2D eigenvalue weighted by Gasteiger charge is 2.14. The van der Waals surface area contributed by atoms with Crippen LogP contribution in [0.5, 0.6) is 0 Å². The summed E-state index contributed by atoms with van der Waals surface area (Å²) >= 11 is 0. The molecule has 0 radical (unpaired) electrons. The number of carboxylic acids is 1. The highest BCUT2D eigenvalue weighted by molar-refractivity contribution is 5.67. The molecule has 0 spiro atoms. The third-order valence-corrected chi connectivity index (χ3v) is 1.57. The summed E-state index contributed by atoms with van der Waals surface area (Å²) in [5.41, 5.74) is 0.511. The third kappa shape index (κ3) is 1.82. The summed E-state index contributed by atoms with van der Waals surface area (Å²) in [5, 5.41) is 21.5. The first-order valence-electron chi connectivity index (χ1n) is 3.49. The number of rotatable bonds is 3. The first kappa shape index (κ1) is 8.73. The average Bonchev–Trinajstić information content (AvgIpc) is 2.33. The molecular weight excluding hydrogens is 160 g/mol. The number of aliphatic carboxylic acids is 1. The Hall–Kier alpha value is -1.36. The fourth-order valence-corrected chi connectivity index (χ4v) is 0.981. The normalized spacial score (nSPS) is 12.8. The largest absolute Gasteiger partial charge is 0.481 e. The fourth-order valence-electron chi connectivity index (χ4n) is 0.981. The molecule has 1 aromatic heterocycles. The van der Waals surface area contributed by atoms with Crippen molar-refractivity contribution in [1.82, 2.24) is 9.78 Å². The molecule has 5 heteroatoms. The summed E-state index contributed by atoms with van der Waals surface area (Å²) in [6, 6.07) is 1.59. The summed E-state index contributed by atoms with van der Waals surface area (Å²) in [5.74, 6) is -1.02. The molecule has 0 aromatic carbocycles. The molecule has 0 unspecified atom stereocenters. The lowest BCUT2D eigenvalue weighted by molar-refractivity contribution is -0.139. The summed E-state index contributed by atoms with van der Waals surface area (Å²) in [6.07, 6.45) is 0.245. The van der Waals surface area contributed by atoms with Gasteiger partial charge in [-0.2, -0.15) is 5.10 Å². The van der Waals surface area contributed by atoms with E-state index in [-0.39, 0.29) is 6.42 Å². The minimum absolute atomic E-state index is 0.292. The Balaban J connectivity index is 2.71. The molecule has 2 N–H and O–H groups in total. The Kier molecular flexibility index (Phi) is 2.44. The zero-order chi connectivity index (χ0) is 9.14. The van der Waals surface area contributed by atoms with Crippen molar-refractivity contribution in [2.75, 3.05) is 0 Å². The number of aromatic nitrogens is 2. The van der Waals surface area contributed by atoms with E-state index in [1.54, 1.807) is 13.1 Å². The van der Waals surface area contributed by atoms with Crippen LogP contribution in [0, 0.1) is 0 Å². The van der Waals surface area contributed by atoms with E-state index in [1.807, 2.05) is 0 Å². The Morgan fingerprint density at radius 2 is 2.50 bits per heavy atom. The molecule has 66 valence electrons. The summed E-state index contributed by atoms with van der Waals surface area (Å²) < 4.78 is 1.45. The Morgan fingerprint density at radius 1 is 1.83 bits per heavy atom. The first-order chi connectivity index (χ1) is 5.61. The van der Waals surface area contributed by atoms with E-state index in [4.69, 9.17) is 5.11 Å². The van der Waals surface area contributed by atoms with Crippen LogP contribution in [0.1, 0.15) is 18.2 Å². The highest BCUT2D eigenvalue weighted by Crippen LogP contribution is 2.14. The predicted octanol–water partition coefficient (Wildman–Crippen LogP) is -0.0718. The maximum atomic E-state index is 10.2. The van der Waals surface area contributed by atoms with Gasteiger partial charge in [-0.05, 0) is 6.07 Å². The lowest BCUT2D eigenvalue weighted by atomic mass is 10.2. The van der Waals surface area contributed by atoms with Crippen LogP contribution in [0.2, 0.25) is 0 Å². The zero-order valence-electron chi connectivity index (χ0n) is 6.64. The minimum Gasteiger partial charge on any atom is -0.481 e. The second-order valence-corrected chi connectivity index (χ2v) is 2.49. The molecule has 0 saturated carbocycles. The van der Waals surface area contributed by atoms with Crippen molar-refractivity contribution in [1.29, 1.82) is 0 Å². The van der Waals surface area contributed by atoms with Crippen molar-refractivity contribution < 1.29 is 15.0 Å². The lowest BCUT2D eigenvalue weighted by Gasteiger charge is -2.07. The molecular formula is C7H10N2O3. The van der Waals surface area contributed by atoms with Gasteiger partial charge in [0.2, 0.25) is 0 Å². The van der Waals surface area contributed by atoms with E-state index in [1.165, 1.54) is 10.9 Å². The third-order valence-electron chi connectivity index (χ3n) is 1.57. The topological polar surface area (TPSA) is 75.3 Å². The van der Waals surface area contributed by atoms with Crippen molar-refractivity contribution in [2.45, 2.75) is 12.5 Å². The van der Waals surface area contributed by atoms with E-state index in [0.29, 0.717) is 5.69 Å². The van der Waals surface area contributed by atoms with Gasteiger partial charge in [-0.3, -0.25) is 9.48 Å². The average molecular weight is 170 g/mol. The predicted molar refractivity (Wildman–Crippen MR) is 40.4 cm³/mol. The maximum Gasteiger partial charge on any atom is 0.306 e. The Bertz CT molecular complexity index is 282. The van der Waals surface area contributed by atoms with Gasteiger partial charge in [-0.1, -0.05) is 0 Å². The van der Waals surface area contributed by atoms with Gasteiger partial charge in [-0.25, -0.2) is 0 Å². The molecule has 1 aromatic rings. The van der Waals surface area contributed by atoms with Gasteiger partial charge in [0.15, 0.2) is 0 Å². The van der Waals surface area contributed by atoms with Gasteiger partial charge >= 0.3 is 5.97 Å². The van der Waals surface area contributed by atoms with Crippen molar-refractivity contribution in [2.24, 2.45) is 7.05 Å². The quantitative estimate of drug-likeness (QED) is 0.665. The van der Waals surface area contributed by atoms with Crippen molar-refractivity contribution >= 4 is 5.97 Å². The summed E-state index contributed by atoms with van der Waals surface area (Å²) in [7, 11) is 1.65. The molecule has 1 rings (SSSR count). The van der Waals surface area contributed by atoms with Crippen LogP contribution in [0.15, 0.2) is 12.3 Å². The molecule has 0 aliphatic rings. The van der Waals surface area contributed by atoms with Crippen molar-refractivity contribution in [3.8, 4) is 0 Å². The van der Waals surface area contributed by atoms with Gasteiger partial charge in [0.25, 0.3) is 0 Å². The van der Waals surface area contributed by atoms with Gasteiger partial charge < -0.3 is 10.2 Å². The van der Waals surface area contributed by atoms with E-state index in [9.17, 15) is 9.90 Å². The molecule has 0 fully saturated rings. The van der Waals surface area contributed by atoms with E-state index < -0.39 is 12.1 Å². The molecule has 0 saturated heterocycles. The van der Waals surface area contributed by atoms with Crippen molar-refractivity contribution in [3.63, 3.8) is 0 Å². The zero-order valence-corrected chi connectivity index (χ0v) is 6.64. The first-order valence-corrected chi connectivity index (χ1v) is 3.49. The van der Waals surface area contributed by atoms with Crippen LogP contribution in [0.25, 0.3) is 0 Å². The molecule has 1 atom stereocenters. The van der Waals surface area contributed by atoms with Crippen LogP contribution >= 0.6 is 0 Å². The standard InChI is InChI=1S/C7H10N2O3/c1-9-5(2-3-8-9)6(10)4-7(11)12/h2-3,6,10H,4H2,1H3,(H,11,12)/t6-/m1/s1. The number of hydrogen-bond acceptors (Lipinski definition) is 3. The Labute approximate surface area is 69.2 Å². The number of hydrogen-bond donors (Lipinski definition) is 2. The lowest BCUT2D eigenvalue weighted by Crippen LogP contribution is -2.09. The van der Waals surface area contributed by atoms with E-state index in [0.717, 1.165) is 0 Å². The van der Waals surface area contributed by atoms with E-state index in [2.05, 4.69) is 5.10 Å². The van der Waals surface area contributed by atoms with E-state index >= 15 is 0 Å². The molecule has 1 heterocycles. The molecule has 5 nitrogen and oxygen atoms in total. The van der Waals surface area contributed by atoms with Crippen LogP contribution < -0.4 is 0 Å². The fraction of sp³-hybridized carbons (Fsp3) is 0.429. The van der Waals surface area contributed by atoms with Gasteiger partial charge in [-0.15, -0.1) is 0 Å². The van der Waals surface area contributed by atoms with Gasteiger partial charge in [0.1, 0.15) is 6.10 Å². The number of aliphatic hydroxyl groups is 1. The molecule has 0 aliphatic carbocycles. The number of aryl methyl sites for hydroxylation is 1. The second kappa shape index (κ2) is 3.36. The SMILES string of the molecule is Cn1nccc1[C@H](O)CC(=O)O. The number of aliphatic hydroxyl groups excluding tert-OH is 1. The molecule has 0 amide bonds. The molecule has 0 aliphatic heterocycles.